The number of ether oxygens (including phenoxy) is 1. The van der Waals surface area contributed by atoms with Crippen LogP contribution in [0.1, 0.15) is 17.3 Å². The maximum atomic E-state index is 12.2. The number of nitrogens with zero attached hydrogens (tertiary/aromatic N) is 2. The van der Waals surface area contributed by atoms with Gasteiger partial charge in [-0.15, -0.1) is 0 Å². The Labute approximate surface area is 153 Å². The maximum absolute atomic E-state index is 12.2. The first-order valence-electron chi connectivity index (χ1n) is 8.77. The molecule has 1 aliphatic rings. The Kier molecular flexibility index (Phi) is 6.97. The molecular formula is C18H27N4O4+. The monoisotopic (exact) mass is 363 g/mol. The van der Waals surface area contributed by atoms with Gasteiger partial charge in [0, 0.05) is 25.3 Å². The van der Waals surface area contributed by atoms with E-state index in [2.05, 4.69) is 5.32 Å². The van der Waals surface area contributed by atoms with Crippen LogP contribution in [0.4, 0.5) is 10.5 Å². The molecule has 0 unspecified atom stereocenters. The Morgan fingerprint density at radius 3 is 2.31 bits per heavy atom. The number of amides is 3. The van der Waals surface area contributed by atoms with Gasteiger partial charge in [0.2, 0.25) is 0 Å². The molecule has 2 rings (SSSR count). The molecule has 1 saturated heterocycles. The smallest absolute Gasteiger partial charge is 0.410 e. The summed E-state index contributed by atoms with van der Waals surface area (Å²) in [7, 11) is 3.39. The van der Waals surface area contributed by atoms with Gasteiger partial charge in [0.15, 0.2) is 6.54 Å². The lowest BCUT2D eigenvalue weighted by molar-refractivity contribution is -0.895. The van der Waals surface area contributed by atoms with Crippen LogP contribution in [-0.2, 0) is 9.53 Å². The van der Waals surface area contributed by atoms with Crippen LogP contribution in [0, 0.1) is 0 Å². The molecule has 8 heteroatoms. The highest BCUT2D eigenvalue weighted by Crippen LogP contribution is 2.10. The predicted octanol–water partition coefficient (Wildman–Crippen LogP) is -0.316. The summed E-state index contributed by atoms with van der Waals surface area (Å²) in [4.78, 5) is 40.0. The normalized spacial score (nSPS) is 14.7. The van der Waals surface area contributed by atoms with E-state index < -0.39 is 0 Å². The summed E-state index contributed by atoms with van der Waals surface area (Å²) < 4.78 is 4.99. The summed E-state index contributed by atoms with van der Waals surface area (Å²) in [6.07, 6.45) is -0.289. The summed E-state index contributed by atoms with van der Waals surface area (Å²) in [5.74, 6) is -0.164. The molecular weight excluding hydrogens is 336 g/mol. The van der Waals surface area contributed by atoms with Crippen molar-refractivity contribution in [3.05, 3.63) is 29.8 Å². The standard InChI is InChI=1S/C18H26N4O4/c1-4-26-18(25)22-11-9-21(10-12-22)13-16(23)19-15-7-5-14(6-8-15)17(24)20(2)3/h5-8H,4,9-13H2,1-3H3,(H,19,23)/p+1. The molecule has 26 heavy (non-hydrogen) atoms. The first-order chi connectivity index (χ1) is 12.4. The van der Waals surface area contributed by atoms with Crippen molar-refractivity contribution in [2.45, 2.75) is 6.92 Å². The molecule has 1 aliphatic heterocycles. The van der Waals surface area contributed by atoms with Crippen LogP contribution >= 0.6 is 0 Å². The van der Waals surface area contributed by atoms with Gasteiger partial charge in [-0.1, -0.05) is 0 Å². The number of hydrogen-bond donors (Lipinski definition) is 2. The molecule has 8 nitrogen and oxygen atoms in total. The lowest BCUT2D eigenvalue weighted by Crippen LogP contribution is -3.15. The summed E-state index contributed by atoms with van der Waals surface area (Å²) in [6, 6.07) is 6.84. The SMILES string of the molecule is CCOC(=O)N1CC[NH+](CC(=O)Nc2ccc(C(=O)N(C)C)cc2)CC1. The van der Waals surface area contributed by atoms with E-state index in [0.717, 1.165) is 4.90 Å². The fourth-order valence-electron chi connectivity index (χ4n) is 2.78. The van der Waals surface area contributed by atoms with Gasteiger partial charge in [-0.3, -0.25) is 14.5 Å². The molecule has 0 spiro atoms. The molecule has 3 amide bonds. The Morgan fingerprint density at radius 1 is 1.15 bits per heavy atom. The number of piperazine rings is 1. The largest absolute Gasteiger partial charge is 0.450 e. The van der Waals surface area contributed by atoms with Crippen LogP contribution in [0.15, 0.2) is 24.3 Å². The van der Waals surface area contributed by atoms with Gasteiger partial charge in [-0.25, -0.2) is 4.79 Å². The fourth-order valence-corrected chi connectivity index (χ4v) is 2.78. The zero-order valence-electron chi connectivity index (χ0n) is 15.6. The van der Waals surface area contributed by atoms with E-state index in [1.807, 2.05) is 0 Å². The average Bonchev–Trinajstić information content (AvgIpc) is 2.62. The topological polar surface area (TPSA) is 83.4 Å². The summed E-state index contributed by atoms with van der Waals surface area (Å²) in [5, 5.41) is 2.85. The number of carbonyl (C=O) groups excluding carboxylic acids is 3. The molecule has 0 radical (unpaired) electrons. The zero-order valence-corrected chi connectivity index (χ0v) is 15.6. The Balaban J connectivity index is 1.79. The van der Waals surface area contributed by atoms with Crippen LogP contribution in [0.25, 0.3) is 0 Å². The van der Waals surface area contributed by atoms with E-state index in [0.29, 0.717) is 50.6 Å². The number of nitrogens with one attached hydrogen (secondary N) is 2. The number of anilines is 1. The lowest BCUT2D eigenvalue weighted by atomic mass is 10.2. The first-order valence-corrected chi connectivity index (χ1v) is 8.77. The van der Waals surface area contributed by atoms with Gasteiger partial charge in [0.1, 0.15) is 0 Å². The minimum absolute atomic E-state index is 0.0770. The number of carbonyl (C=O) groups is 3. The third kappa shape index (κ3) is 5.45. The van der Waals surface area contributed by atoms with Gasteiger partial charge in [-0.2, -0.15) is 0 Å². The molecule has 142 valence electrons. The third-order valence-corrected chi connectivity index (χ3v) is 4.23. The highest BCUT2D eigenvalue weighted by molar-refractivity contribution is 5.95. The molecule has 1 heterocycles. The van der Waals surface area contributed by atoms with Gasteiger partial charge >= 0.3 is 6.09 Å². The molecule has 1 aromatic carbocycles. The molecule has 0 atom stereocenters. The van der Waals surface area contributed by atoms with Crippen LogP contribution in [0.3, 0.4) is 0 Å². The van der Waals surface area contributed by atoms with Gasteiger partial charge in [-0.05, 0) is 31.2 Å². The van der Waals surface area contributed by atoms with Crippen LogP contribution < -0.4 is 10.2 Å². The highest BCUT2D eigenvalue weighted by Gasteiger charge is 2.25. The van der Waals surface area contributed by atoms with Crippen molar-refractivity contribution in [2.24, 2.45) is 0 Å². The molecule has 0 aromatic heterocycles. The number of benzene rings is 1. The van der Waals surface area contributed by atoms with Crippen molar-refractivity contribution in [3.8, 4) is 0 Å². The van der Waals surface area contributed by atoms with E-state index in [4.69, 9.17) is 4.74 Å². The maximum Gasteiger partial charge on any atom is 0.410 e. The van der Waals surface area contributed by atoms with E-state index in [9.17, 15) is 14.4 Å². The van der Waals surface area contributed by atoms with E-state index in [1.165, 1.54) is 4.90 Å². The second-order valence-electron chi connectivity index (χ2n) is 6.44. The second-order valence-corrected chi connectivity index (χ2v) is 6.44. The van der Waals surface area contributed by atoms with Gasteiger partial charge < -0.3 is 19.9 Å². The van der Waals surface area contributed by atoms with Crippen molar-refractivity contribution in [1.82, 2.24) is 9.80 Å². The summed E-state index contributed by atoms with van der Waals surface area (Å²) in [6.45, 7) is 5.09. The minimum atomic E-state index is -0.289. The summed E-state index contributed by atoms with van der Waals surface area (Å²) >= 11 is 0. The Bertz CT molecular complexity index is 637. The molecule has 0 bridgehead atoms. The molecule has 1 aromatic rings. The van der Waals surface area contributed by atoms with Crippen LogP contribution in [0.5, 0.6) is 0 Å². The van der Waals surface area contributed by atoms with Crippen molar-refractivity contribution in [2.75, 3.05) is 58.7 Å². The fraction of sp³-hybridized carbons (Fsp3) is 0.500. The third-order valence-electron chi connectivity index (χ3n) is 4.23. The molecule has 2 N–H and O–H groups in total. The van der Waals surface area contributed by atoms with Crippen molar-refractivity contribution in [3.63, 3.8) is 0 Å². The minimum Gasteiger partial charge on any atom is -0.450 e. The average molecular weight is 363 g/mol. The molecule has 1 fully saturated rings. The second kappa shape index (κ2) is 9.19. The van der Waals surface area contributed by atoms with E-state index in [-0.39, 0.29) is 17.9 Å². The first kappa shape index (κ1) is 19.7. The quantitative estimate of drug-likeness (QED) is 0.751. The van der Waals surface area contributed by atoms with E-state index >= 15 is 0 Å². The van der Waals surface area contributed by atoms with E-state index in [1.54, 1.807) is 50.2 Å². The molecule has 0 aliphatic carbocycles. The zero-order chi connectivity index (χ0) is 19.1. The number of quaternary nitrogens is 1. The number of hydrogen-bond acceptors (Lipinski definition) is 4. The molecule has 0 saturated carbocycles. The van der Waals surface area contributed by atoms with Crippen molar-refractivity contribution >= 4 is 23.6 Å². The van der Waals surface area contributed by atoms with Crippen LogP contribution in [0.2, 0.25) is 0 Å². The number of rotatable bonds is 5. The Morgan fingerprint density at radius 2 is 1.77 bits per heavy atom. The highest BCUT2D eigenvalue weighted by atomic mass is 16.6. The summed E-state index contributed by atoms with van der Waals surface area (Å²) in [5.41, 5.74) is 1.24. The Hall–Kier alpha value is -2.61. The van der Waals surface area contributed by atoms with Crippen molar-refractivity contribution in [1.29, 1.82) is 0 Å². The predicted molar refractivity (Wildman–Crippen MR) is 97.2 cm³/mol. The van der Waals surface area contributed by atoms with Crippen LogP contribution in [-0.4, -0.2) is 81.1 Å². The van der Waals surface area contributed by atoms with Gasteiger partial charge in [0.25, 0.3) is 11.8 Å². The van der Waals surface area contributed by atoms with Gasteiger partial charge in [0.05, 0.1) is 32.8 Å². The van der Waals surface area contributed by atoms with Crippen molar-refractivity contribution < 1.29 is 24.0 Å². The lowest BCUT2D eigenvalue weighted by Gasteiger charge is -2.31.